The molecule has 0 aliphatic rings. The number of ketones is 1. The summed E-state index contributed by atoms with van der Waals surface area (Å²) in [5, 5.41) is 0. The molecule has 124 valence electrons. The summed E-state index contributed by atoms with van der Waals surface area (Å²) in [5.41, 5.74) is -0.688. The molecule has 5 nitrogen and oxygen atoms in total. The molecule has 1 aromatic carbocycles. The molecule has 0 spiro atoms. The van der Waals surface area contributed by atoms with Crippen molar-refractivity contribution in [3.8, 4) is 0 Å². The Balaban J connectivity index is 2.79. The molecular weight excluding hydrogens is 316 g/mol. The number of hydrogen-bond acceptors (Lipinski definition) is 6. The van der Waals surface area contributed by atoms with Gasteiger partial charge >= 0.3 is 11.9 Å². The molecule has 0 fully saturated rings. The first-order valence-corrected chi connectivity index (χ1v) is 7.82. The van der Waals surface area contributed by atoms with Gasteiger partial charge in [-0.25, -0.2) is 0 Å². The summed E-state index contributed by atoms with van der Waals surface area (Å²) in [6.45, 7) is 5.95. The highest BCUT2D eigenvalue weighted by Crippen LogP contribution is 2.27. The predicted molar refractivity (Wildman–Crippen MR) is 87.6 cm³/mol. The monoisotopic (exact) mass is 336 g/mol. The number of carbonyl (C=O) groups excluding carboxylic acids is 3. The summed E-state index contributed by atoms with van der Waals surface area (Å²) >= 11 is 1.14. The third kappa shape index (κ3) is 7.15. The molecule has 0 heterocycles. The van der Waals surface area contributed by atoms with Crippen LogP contribution in [0.3, 0.4) is 0 Å². The van der Waals surface area contributed by atoms with Gasteiger partial charge in [-0.2, -0.15) is 0 Å². The zero-order chi connectivity index (χ0) is 17.5. The van der Waals surface area contributed by atoms with Crippen molar-refractivity contribution in [2.75, 3.05) is 6.61 Å². The second kappa shape index (κ2) is 8.53. The van der Waals surface area contributed by atoms with E-state index in [1.807, 2.05) is 30.3 Å². The van der Waals surface area contributed by atoms with Crippen LogP contribution in [0.2, 0.25) is 0 Å². The molecule has 0 aliphatic carbocycles. The lowest BCUT2D eigenvalue weighted by atomic mass is 9.97. The largest absolute Gasteiger partial charge is 0.457 e. The number of Topliss-reactive ketones (excluding diaryl/α,β-unsaturated/α-hetero) is 1. The number of rotatable bonds is 6. The highest BCUT2D eigenvalue weighted by Gasteiger charge is 2.24. The molecule has 0 bridgehead atoms. The molecule has 6 heteroatoms. The minimum absolute atomic E-state index is 0.188. The normalized spacial score (nSPS) is 11.7. The van der Waals surface area contributed by atoms with E-state index in [-0.39, 0.29) is 4.91 Å². The first kappa shape index (κ1) is 19.0. The number of esters is 2. The Morgan fingerprint density at radius 1 is 1.13 bits per heavy atom. The fourth-order valence-electron chi connectivity index (χ4n) is 1.32. The van der Waals surface area contributed by atoms with Gasteiger partial charge in [-0.05, 0) is 32.9 Å². The van der Waals surface area contributed by atoms with Crippen LogP contribution < -0.4 is 0 Å². The van der Waals surface area contributed by atoms with Gasteiger partial charge in [-0.3, -0.25) is 14.4 Å². The second-order valence-corrected chi connectivity index (χ2v) is 6.87. The fraction of sp³-hybridized carbons (Fsp3) is 0.353. The van der Waals surface area contributed by atoms with Crippen LogP contribution in [0.15, 0.2) is 46.4 Å². The molecule has 0 saturated heterocycles. The highest BCUT2D eigenvalue weighted by molar-refractivity contribution is 8.04. The summed E-state index contributed by atoms with van der Waals surface area (Å²) in [7, 11) is 0. The standard InChI is InChI=1S/C17H20O5S/c1-12(18)21-11-15(23-13-8-6-5-7-9-13)14(19)10-22-16(20)17(2,3)4/h5-9,11H,10H2,1-4H3/b15-11-. The molecule has 1 rings (SSSR count). The lowest BCUT2D eigenvalue weighted by molar-refractivity contribution is -0.155. The van der Waals surface area contributed by atoms with Crippen LogP contribution >= 0.6 is 11.8 Å². The summed E-state index contributed by atoms with van der Waals surface area (Å²) < 4.78 is 9.80. The van der Waals surface area contributed by atoms with Crippen molar-refractivity contribution in [3.05, 3.63) is 41.5 Å². The van der Waals surface area contributed by atoms with Crippen molar-refractivity contribution < 1.29 is 23.9 Å². The Labute approximate surface area is 140 Å². The van der Waals surface area contributed by atoms with E-state index in [1.54, 1.807) is 20.8 Å². The summed E-state index contributed by atoms with van der Waals surface area (Å²) in [6.07, 6.45) is 1.09. The van der Waals surface area contributed by atoms with Crippen molar-refractivity contribution in [3.63, 3.8) is 0 Å². The van der Waals surface area contributed by atoms with Gasteiger partial charge in [0.15, 0.2) is 6.61 Å². The molecule has 0 radical (unpaired) electrons. The Bertz CT molecular complexity index is 599. The summed E-state index contributed by atoms with van der Waals surface area (Å²) in [4.78, 5) is 35.9. The van der Waals surface area contributed by atoms with Crippen LogP contribution in [0.5, 0.6) is 0 Å². The van der Waals surface area contributed by atoms with Crippen molar-refractivity contribution >= 4 is 29.5 Å². The third-order valence-electron chi connectivity index (χ3n) is 2.52. The van der Waals surface area contributed by atoms with Crippen LogP contribution in [-0.2, 0) is 23.9 Å². The topological polar surface area (TPSA) is 69.7 Å². The quantitative estimate of drug-likeness (QED) is 0.343. The molecule has 0 unspecified atom stereocenters. The lowest BCUT2D eigenvalue weighted by Crippen LogP contribution is -2.25. The average Bonchev–Trinajstić information content (AvgIpc) is 2.48. The zero-order valence-corrected chi connectivity index (χ0v) is 14.4. The number of thioether (sulfide) groups is 1. The molecule has 0 aliphatic heterocycles. The minimum Gasteiger partial charge on any atom is -0.457 e. The van der Waals surface area contributed by atoms with Gasteiger partial charge in [-0.15, -0.1) is 0 Å². The van der Waals surface area contributed by atoms with E-state index in [0.717, 1.165) is 22.9 Å². The van der Waals surface area contributed by atoms with Crippen molar-refractivity contribution in [1.82, 2.24) is 0 Å². The van der Waals surface area contributed by atoms with Crippen molar-refractivity contribution in [2.24, 2.45) is 5.41 Å². The third-order valence-corrected chi connectivity index (χ3v) is 3.58. The highest BCUT2D eigenvalue weighted by atomic mass is 32.2. The van der Waals surface area contributed by atoms with Crippen LogP contribution in [0.4, 0.5) is 0 Å². The van der Waals surface area contributed by atoms with Crippen LogP contribution in [0.25, 0.3) is 0 Å². The Morgan fingerprint density at radius 2 is 1.74 bits per heavy atom. The molecule has 0 atom stereocenters. The van der Waals surface area contributed by atoms with Crippen LogP contribution in [0.1, 0.15) is 27.7 Å². The van der Waals surface area contributed by atoms with Gasteiger partial charge in [0.2, 0.25) is 5.78 Å². The van der Waals surface area contributed by atoms with E-state index in [4.69, 9.17) is 9.47 Å². The molecule has 0 aromatic heterocycles. The Kier molecular flexibility index (Phi) is 7.03. The number of benzene rings is 1. The smallest absolute Gasteiger partial charge is 0.311 e. The van der Waals surface area contributed by atoms with Crippen LogP contribution in [0, 0.1) is 5.41 Å². The predicted octanol–water partition coefficient (Wildman–Crippen LogP) is 3.34. The molecule has 1 aromatic rings. The van der Waals surface area contributed by atoms with Gasteiger partial charge in [0.25, 0.3) is 0 Å². The maximum atomic E-state index is 12.2. The Hall–Kier alpha value is -2.08. The van der Waals surface area contributed by atoms with Crippen molar-refractivity contribution in [2.45, 2.75) is 32.6 Å². The maximum absolute atomic E-state index is 12.2. The second-order valence-electron chi connectivity index (χ2n) is 5.76. The van der Waals surface area contributed by atoms with Crippen LogP contribution in [-0.4, -0.2) is 24.3 Å². The fourth-order valence-corrected chi connectivity index (χ4v) is 2.13. The molecule has 0 saturated carbocycles. The van der Waals surface area contributed by atoms with Gasteiger partial charge in [0, 0.05) is 11.8 Å². The number of ether oxygens (including phenoxy) is 2. The summed E-state index contributed by atoms with van der Waals surface area (Å²) in [6, 6.07) is 9.15. The van der Waals surface area contributed by atoms with E-state index >= 15 is 0 Å². The molecule has 0 amide bonds. The zero-order valence-electron chi connectivity index (χ0n) is 13.6. The number of hydrogen-bond donors (Lipinski definition) is 0. The van der Waals surface area contributed by atoms with Crippen molar-refractivity contribution in [1.29, 1.82) is 0 Å². The molecular formula is C17H20O5S. The van der Waals surface area contributed by atoms with E-state index < -0.39 is 29.7 Å². The van der Waals surface area contributed by atoms with E-state index in [0.29, 0.717) is 0 Å². The van der Waals surface area contributed by atoms with Gasteiger partial charge < -0.3 is 9.47 Å². The minimum atomic E-state index is -0.688. The average molecular weight is 336 g/mol. The SMILES string of the molecule is CC(=O)O/C=C(\Sc1ccccc1)C(=O)COC(=O)C(C)(C)C. The van der Waals surface area contributed by atoms with Gasteiger partial charge in [0.1, 0.15) is 6.26 Å². The first-order chi connectivity index (χ1) is 10.7. The maximum Gasteiger partial charge on any atom is 0.311 e. The Morgan fingerprint density at radius 3 is 2.26 bits per heavy atom. The molecule has 23 heavy (non-hydrogen) atoms. The van der Waals surface area contributed by atoms with E-state index in [9.17, 15) is 14.4 Å². The van der Waals surface area contributed by atoms with E-state index in [1.165, 1.54) is 6.92 Å². The van der Waals surface area contributed by atoms with Gasteiger partial charge in [-0.1, -0.05) is 30.0 Å². The van der Waals surface area contributed by atoms with Gasteiger partial charge in [0.05, 0.1) is 10.3 Å². The summed E-state index contributed by atoms with van der Waals surface area (Å²) in [5.74, 6) is -1.43. The number of carbonyl (C=O) groups is 3. The lowest BCUT2D eigenvalue weighted by Gasteiger charge is -2.16. The molecule has 0 N–H and O–H groups in total. The van der Waals surface area contributed by atoms with E-state index in [2.05, 4.69) is 0 Å². The first-order valence-electron chi connectivity index (χ1n) is 7.01.